The van der Waals surface area contributed by atoms with Crippen molar-refractivity contribution in [2.24, 2.45) is 0 Å². The molecule has 0 saturated heterocycles. The molecule has 182 valence electrons. The summed E-state index contributed by atoms with van der Waals surface area (Å²) in [6.07, 6.45) is -0.776. The van der Waals surface area contributed by atoms with Crippen LogP contribution in [0.15, 0.2) is 54.6 Å². The van der Waals surface area contributed by atoms with E-state index in [1.54, 1.807) is 6.07 Å². The predicted octanol–water partition coefficient (Wildman–Crippen LogP) is 5.97. The van der Waals surface area contributed by atoms with Crippen molar-refractivity contribution in [2.45, 2.75) is 57.6 Å². The minimum absolute atomic E-state index is 0.116. The fourth-order valence-electron chi connectivity index (χ4n) is 4.97. The first-order valence-electron chi connectivity index (χ1n) is 11.7. The summed E-state index contributed by atoms with van der Waals surface area (Å²) in [5, 5.41) is 0.505. The lowest BCUT2D eigenvalue weighted by Crippen LogP contribution is -2.47. The molecular formula is C26H30F3N3O2. The molecule has 1 aliphatic rings. The number of benzene rings is 2. The summed E-state index contributed by atoms with van der Waals surface area (Å²) < 4.78 is 41.7. The maximum absolute atomic E-state index is 13.4. The highest BCUT2D eigenvalue weighted by molar-refractivity contribution is 5.98. The highest BCUT2D eigenvalue weighted by atomic mass is 19.4. The average molecular weight is 474 g/mol. The van der Waals surface area contributed by atoms with Gasteiger partial charge >= 0.3 is 6.36 Å². The summed E-state index contributed by atoms with van der Waals surface area (Å²) in [5.74, 6) is -0.435. The number of carbonyl (C=O) groups excluding carboxylic acids is 1. The molecule has 5 nitrogen and oxygen atoms in total. The Labute approximate surface area is 197 Å². The first-order valence-corrected chi connectivity index (χ1v) is 11.7. The van der Waals surface area contributed by atoms with E-state index < -0.39 is 6.36 Å². The Hall–Kier alpha value is -3.00. The Kier molecular flexibility index (Phi) is 7.16. The first-order chi connectivity index (χ1) is 16.2. The summed E-state index contributed by atoms with van der Waals surface area (Å²) in [7, 11) is 2.14. The number of fused-ring (bicyclic) bond motifs is 1. The van der Waals surface area contributed by atoms with E-state index in [0.29, 0.717) is 29.2 Å². The predicted molar refractivity (Wildman–Crippen MR) is 126 cm³/mol. The number of alkyl halides is 3. The summed E-state index contributed by atoms with van der Waals surface area (Å²) in [4.78, 5) is 20.7. The molecule has 0 unspecified atom stereocenters. The zero-order valence-corrected chi connectivity index (χ0v) is 19.4. The number of hydrogen-bond acceptors (Lipinski definition) is 3. The van der Waals surface area contributed by atoms with Crippen LogP contribution in [0, 0.1) is 0 Å². The van der Waals surface area contributed by atoms with Crippen molar-refractivity contribution in [3.63, 3.8) is 0 Å². The van der Waals surface area contributed by atoms with E-state index in [1.807, 2.05) is 30.0 Å². The molecule has 1 fully saturated rings. The number of aromatic amines is 1. The van der Waals surface area contributed by atoms with Crippen LogP contribution in [0.4, 0.5) is 13.2 Å². The number of aromatic nitrogens is 1. The molecular weight excluding hydrogens is 443 g/mol. The van der Waals surface area contributed by atoms with Crippen LogP contribution in [-0.4, -0.2) is 52.7 Å². The van der Waals surface area contributed by atoms with Gasteiger partial charge in [-0.25, -0.2) is 0 Å². The van der Waals surface area contributed by atoms with Crippen molar-refractivity contribution >= 4 is 16.8 Å². The molecule has 1 amide bonds. The monoisotopic (exact) mass is 473 g/mol. The largest absolute Gasteiger partial charge is 0.573 e. The quantitative estimate of drug-likeness (QED) is 0.460. The molecule has 1 aliphatic carbocycles. The second-order valence-electron chi connectivity index (χ2n) is 8.95. The van der Waals surface area contributed by atoms with Gasteiger partial charge < -0.3 is 14.6 Å². The molecule has 2 aromatic carbocycles. The Morgan fingerprint density at radius 2 is 1.82 bits per heavy atom. The van der Waals surface area contributed by atoms with Crippen LogP contribution in [0.2, 0.25) is 0 Å². The minimum Gasteiger partial charge on any atom is -0.406 e. The van der Waals surface area contributed by atoms with Crippen molar-refractivity contribution in [3.05, 3.63) is 65.9 Å². The lowest BCUT2D eigenvalue weighted by molar-refractivity contribution is -0.274. The lowest BCUT2D eigenvalue weighted by atomic mass is 9.88. The number of H-pyrrole nitrogens is 1. The molecule has 3 aromatic rings. The van der Waals surface area contributed by atoms with Crippen LogP contribution in [0.25, 0.3) is 10.9 Å². The molecule has 1 heterocycles. The molecule has 4 rings (SSSR count). The number of halogens is 3. The van der Waals surface area contributed by atoms with E-state index in [9.17, 15) is 18.0 Å². The minimum atomic E-state index is -4.76. The van der Waals surface area contributed by atoms with E-state index in [-0.39, 0.29) is 17.7 Å². The highest BCUT2D eigenvalue weighted by Gasteiger charge is 2.33. The number of nitrogens with zero attached hydrogens (tertiary/aromatic N) is 2. The Morgan fingerprint density at radius 1 is 1.09 bits per heavy atom. The third kappa shape index (κ3) is 5.73. The summed E-state index contributed by atoms with van der Waals surface area (Å²) >= 11 is 0. The van der Waals surface area contributed by atoms with Gasteiger partial charge in [0.1, 0.15) is 11.4 Å². The Morgan fingerprint density at radius 3 is 2.53 bits per heavy atom. The zero-order valence-electron chi connectivity index (χ0n) is 19.4. The third-order valence-electron chi connectivity index (χ3n) is 6.62. The normalized spacial score (nSPS) is 18.9. The van der Waals surface area contributed by atoms with E-state index in [0.717, 1.165) is 32.2 Å². The van der Waals surface area contributed by atoms with Crippen LogP contribution < -0.4 is 4.74 Å². The highest BCUT2D eigenvalue weighted by Crippen LogP contribution is 2.30. The van der Waals surface area contributed by atoms with Gasteiger partial charge in [0.2, 0.25) is 0 Å². The standard InChI is InChI=1S/C26H30F3N3O2/c1-3-32(21-11-7-10-20(16-21)31(2)17-18-8-5-4-6-9-18)25(33)24-15-19-14-22(34-26(27,28)29)12-13-23(19)30-24/h4-6,8-9,12-15,20-21,30H,3,7,10-11,16-17H2,1-2H3/t20-,21+/m1/s1. The van der Waals surface area contributed by atoms with Gasteiger partial charge in [-0.05, 0) is 69.5 Å². The number of ether oxygens (including phenoxy) is 1. The van der Waals surface area contributed by atoms with E-state index >= 15 is 0 Å². The maximum atomic E-state index is 13.4. The van der Waals surface area contributed by atoms with Crippen LogP contribution >= 0.6 is 0 Å². The number of carbonyl (C=O) groups is 1. The molecule has 2 atom stereocenters. The Balaban J connectivity index is 1.46. The van der Waals surface area contributed by atoms with Crippen LogP contribution in [-0.2, 0) is 6.54 Å². The smallest absolute Gasteiger partial charge is 0.406 e. The summed E-state index contributed by atoms with van der Waals surface area (Å²) in [6.45, 7) is 3.40. The molecule has 0 radical (unpaired) electrons. The van der Waals surface area contributed by atoms with E-state index in [4.69, 9.17) is 0 Å². The molecule has 0 aliphatic heterocycles. The van der Waals surface area contributed by atoms with E-state index in [1.165, 1.54) is 23.8 Å². The van der Waals surface area contributed by atoms with Crippen molar-refractivity contribution in [1.29, 1.82) is 0 Å². The topological polar surface area (TPSA) is 48.6 Å². The van der Waals surface area contributed by atoms with Gasteiger partial charge in [-0.2, -0.15) is 0 Å². The van der Waals surface area contributed by atoms with Gasteiger partial charge in [0.05, 0.1) is 0 Å². The molecule has 34 heavy (non-hydrogen) atoms. The van der Waals surface area contributed by atoms with Crippen molar-refractivity contribution in [2.75, 3.05) is 13.6 Å². The van der Waals surface area contributed by atoms with Crippen molar-refractivity contribution in [1.82, 2.24) is 14.8 Å². The number of nitrogens with one attached hydrogen (secondary N) is 1. The third-order valence-corrected chi connectivity index (χ3v) is 6.62. The fraction of sp³-hybridized carbons (Fsp3) is 0.423. The average Bonchev–Trinajstić information content (AvgIpc) is 3.23. The van der Waals surface area contributed by atoms with Gasteiger partial charge in [-0.3, -0.25) is 9.69 Å². The second-order valence-corrected chi connectivity index (χ2v) is 8.95. The van der Waals surface area contributed by atoms with Crippen LogP contribution in [0.1, 0.15) is 48.7 Å². The van der Waals surface area contributed by atoms with Crippen LogP contribution in [0.3, 0.4) is 0 Å². The number of hydrogen-bond donors (Lipinski definition) is 1. The second kappa shape index (κ2) is 10.1. The molecule has 0 bridgehead atoms. The summed E-state index contributed by atoms with van der Waals surface area (Å²) in [5.41, 5.74) is 2.24. The van der Waals surface area contributed by atoms with Crippen molar-refractivity contribution < 1.29 is 22.7 Å². The number of amides is 1. The van der Waals surface area contributed by atoms with E-state index in [2.05, 4.69) is 33.8 Å². The van der Waals surface area contributed by atoms with Crippen molar-refractivity contribution in [3.8, 4) is 5.75 Å². The maximum Gasteiger partial charge on any atom is 0.573 e. The van der Waals surface area contributed by atoms with Gasteiger partial charge in [-0.15, -0.1) is 13.2 Å². The number of rotatable bonds is 7. The molecule has 1 saturated carbocycles. The summed E-state index contributed by atoms with van der Waals surface area (Å²) in [6, 6.07) is 16.5. The lowest BCUT2D eigenvalue weighted by Gasteiger charge is -2.40. The van der Waals surface area contributed by atoms with Crippen LogP contribution in [0.5, 0.6) is 5.75 Å². The Bertz CT molecular complexity index is 1110. The van der Waals surface area contributed by atoms with Gasteiger partial charge in [0.25, 0.3) is 5.91 Å². The molecule has 1 N–H and O–H groups in total. The molecule has 0 spiro atoms. The van der Waals surface area contributed by atoms with Gasteiger partial charge in [0.15, 0.2) is 0 Å². The molecule has 1 aromatic heterocycles. The van der Waals surface area contributed by atoms with Gasteiger partial charge in [-0.1, -0.05) is 30.3 Å². The SMILES string of the molecule is CCN(C(=O)c1cc2cc(OC(F)(F)F)ccc2[nH]1)[C@H]1CCC[C@@H](N(C)Cc2ccccc2)C1. The first kappa shape index (κ1) is 24.1. The molecule has 8 heteroatoms. The fourth-order valence-corrected chi connectivity index (χ4v) is 4.97. The van der Waals surface area contributed by atoms with Gasteiger partial charge in [0, 0.05) is 36.1 Å². The zero-order chi connectivity index (χ0) is 24.3.